The summed E-state index contributed by atoms with van der Waals surface area (Å²) in [6.07, 6.45) is 7.41. The Morgan fingerprint density at radius 2 is 2.27 bits per heavy atom. The van der Waals surface area contributed by atoms with Crippen LogP contribution in [0.4, 0.5) is 0 Å². The topological polar surface area (TPSA) is 71.4 Å². The van der Waals surface area contributed by atoms with E-state index in [0.29, 0.717) is 6.42 Å². The summed E-state index contributed by atoms with van der Waals surface area (Å²) in [5.41, 5.74) is 0. The fourth-order valence-corrected chi connectivity index (χ4v) is 2.03. The largest absolute Gasteiger partial charge is 0.478 e. The van der Waals surface area contributed by atoms with E-state index >= 15 is 0 Å². The second-order valence-corrected chi connectivity index (χ2v) is 5.57. The third kappa shape index (κ3) is 3.89. The third-order valence-corrected chi connectivity index (χ3v) is 3.27. The van der Waals surface area contributed by atoms with Gasteiger partial charge >= 0.3 is 5.97 Å². The average molecular weight is 249 g/mol. The Morgan fingerprint density at radius 1 is 1.60 bits per heavy atom. The van der Waals surface area contributed by atoms with Crippen LogP contribution in [0.5, 0.6) is 0 Å². The minimum atomic E-state index is -3.67. The highest BCUT2D eigenvalue weighted by Gasteiger charge is 2.15. The fraction of sp³-hybridized carbons (Fsp3) is 0.222. The Balaban J connectivity index is 2.69. The van der Waals surface area contributed by atoms with E-state index < -0.39 is 15.0 Å². The normalized spacial score (nSPS) is 21.7. The highest BCUT2D eigenvalue weighted by Crippen LogP contribution is 2.23. The van der Waals surface area contributed by atoms with E-state index in [2.05, 4.69) is 0 Å². The van der Waals surface area contributed by atoms with Crippen LogP contribution in [-0.4, -0.2) is 19.5 Å². The molecule has 1 unspecified atom stereocenters. The van der Waals surface area contributed by atoms with Crippen LogP contribution in [0, 0.1) is 5.92 Å². The first-order valence-corrected chi connectivity index (χ1v) is 6.44. The molecule has 1 aliphatic carbocycles. The maximum atomic E-state index is 10.9. The van der Waals surface area contributed by atoms with Gasteiger partial charge < -0.3 is 5.11 Å². The lowest BCUT2D eigenvalue weighted by atomic mass is 10.0. The van der Waals surface area contributed by atoms with Crippen molar-refractivity contribution in [2.45, 2.75) is 6.42 Å². The van der Waals surface area contributed by atoms with E-state index in [0.717, 1.165) is 6.08 Å². The van der Waals surface area contributed by atoms with E-state index in [4.69, 9.17) is 15.8 Å². The van der Waals surface area contributed by atoms with E-state index in [-0.39, 0.29) is 10.8 Å². The van der Waals surface area contributed by atoms with Crippen molar-refractivity contribution in [2.75, 3.05) is 0 Å². The lowest BCUT2D eigenvalue weighted by molar-refractivity contribution is -0.131. The molecular weight excluding hydrogens is 240 g/mol. The molecule has 0 aliphatic heterocycles. The SMILES string of the molecule is O=C(O)C=CC1C=CC(S(=O)(=O)Cl)=CC1. The van der Waals surface area contributed by atoms with Crippen molar-refractivity contribution in [3.63, 3.8) is 0 Å². The van der Waals surface area contributed by atoms with Crippen LogP contribution in [0.15, 0.2) is 35.3 Å². The average Bonchev–Trinajstić information content (AvgIpc) is 2.14. The minimum absolute atomic E-state index is 0.0594. The maximum absolute atomic E-state index is 10.9. The molecule has 4 nitrogen and oxygen atoms in total. The summed E-state index contributed by atoms with van der Waals surface area (Å²) in [4.78, 5) is 10.3. The van der Waals surface area contributed by atoms with Gasteiger partial charge in [-0.15, -0.1) is 0 Å². The summed E-state index contributed by atoms with van der Waals surface area (Å²) in [6.45, 7) is 0. The van der Waals surface area contributed by atoms with Crippen LogP contribution in [0.2, 0.25) is 0 Å². The van der Waals surface area contributed by atoms with Gasteiger partial charge in [-0.1, -0.05) is 18.2 Å². The molecule has 1 atom stereocenters. The molecule has 0 heterocycles. The van der Waals surface area contributed by atoms with Gasteiger partial charge in [0.1, 0.15) is 0 Å². The summed E-state index contributed by atoms with van der Waals surface area (Å²) >= 11 is 0. The standard InChI is InChI=1S/C9H9ClO4S/c10-15(13,14)8-4-1-7(2-5-8)3-6-9(11)12/h1,3-7H,2H2,(H,11,12). The zero-order valence-electron chi connectivity index (χ0n) is 7.63. The summed E-state index contributed by atoms with van der Waals surface area (Å²) in [6, 6.07) is 0. The van der Waals surface area contributed by atoms with Crippen molar-refractivity contribution in [1.82, 2.24) is 0 Å². The molecule has 0 saturated heterocycles. The van der Waals surface area contributed by atoms with Gasteiger partial charge in [0, 0.05) is 16.8 Å². The second kappa shape index (κ2) is 4.63. The van der Waals surface area contributed by atoms with Crippen LogP contribution in [0.25, 0.3) is 0 Å². The Hall–Kier alpha value is -1.07. The maximum Gasteiger partial charge on any atom is 0.327 e. The predicted molar refractivity (Wildman–Crippen MR) is 56.9 cm³/mol. The summed E-state index contributed by atoms with van der Waals surface area (Å²) in [5.74, 6) is -1.12. The predicted octanol–water partition coefficient (Wildman–Crippen LogP) is 1.66. The van der Waals surface area contributed by atoms with Crippen molar-refractivity contribution in [1.29, 1.82) is 0 Å². The first-order valence-electron chi connectivity index (χ1n) is 4.14. The molecule has 82 valence electrons. The molecule has 0 radical (unpaired) electrons. The monoisotopic (exact) mass is 248 g/mol. The Kier molecular flexibility index (Phi) is 3.71. The number of hydrogen-bond donors (Lipinski definition) is 1. The quantitative estimate of drug-likeness (QED) is 0.609. The Bertz CT molecular complexity index is 445. The van der Waals surface area contributed by atoms with Gasteiger partial charge in [0.2, 0.25) is 0 Å². The van der Waals surface area contributed by atoms with Gasteiger partial charge in [-0.25, -0.2) is 13.2 Å². The Morgan fingerprint density at radius 3 is 2.67 bits per heavy atom. The van der Waals surface area contributed by atoms with Crippen molar-refractivity contribution in [2.24, 2.45) is 5.92 Å². The van der Waals surface area contributed by atoms with Crippen LogP contribution in [0.3, 0.4) is 0 Å². The zero-order valence-corrected chi connectivity index (χ0v) is 9.20. The van der Waals surface area contributed by atoms with Gasteiger partial charge in [-0.3, -0.25) is 0 Å². The smallest absolute Gasteiger partial charge is 0.327 e. The van der Waals surface area contributed by atoms with Crippen molar-refractivity contribution < 1.29 is 18.3 Å². The number of aliphatic carboxylic acids is 1. The molecule has 0 aromatic carbocycles. The van der Waals surface area contributed by atoms with E-state index in [1.807, 2.05) is 0 Å². The molecule has 6 heteroatoms. The molecule has 0 aromatic heterocycles. The van der Waals surface area contributed by atoms with Gasteiger partial charge in [0.25, 0.3) is 9.05 Å². The highest BCUT2D eigenvalue weighted by molar-refractivity contribution is 8.17. The van der Waals surface area contributed by atoms with E-state index in [9.17, 15) is 13.2 Å². The zero-order chi connectivity index (χ0) is 11.5. The molecule has 1 aliphatic rings. The minimum Gasteiger partial charge on any atom is -0.478 e. The summed E-state index contributed by atoms with van der Waals surface area (Å²) < 4.78 is 21.8. The van der Waals surface area contributed by atoms with Crippen LogP contribution in [-0.2, 0) is 13.8 Å². The van der Waals surface area contributed by atoms with E-state index in [1.54, 1.807) is 6.08 Å². The second-order valence-electron chi connectivity index (χ2n) is 3.00. The molecule has 1 N–H and O–H groups in total. The van der Waals surface area contributed by atoms with Gasteiger partial charge in [0.15, 0.2) is 0 Å². The molecule has 0 aromatic rings. The number of hydrogen-bond acceptors (Lipinski definition) is 3. The molecule has 0 fully saturated rings. The number of carbonyl (C=O) groups is 1. The van der Waals surface area contributed by atoms with Crippen molar-refractivity contribution in [3.8, 4) is 0 Å². The van der Waals surface area contributed by atoms with Gasteiger partial charge in [0.05, 0.1) is 4.91 Å². The first kappa shape index (κ1) is 12.0. The Labute approximate surface area is 92.0 Å². The van der Waals surface area contributed by atoms with Crippen LogP contribution >= 0.6 is 10.7 Å². The third-order valence-electron chi connectivity index (χ3n) is 1.87. The fourth-order valence-electron chi connectivity index (χ4n) is 1.15. The molecular formula is C9H9ClO4S. The molecule has 0 saturated carbocycles. The number of allylic oxidation sites excluding steroid dienone is 4. The summed E-state index contributed by atoms with van der Waals surface area (Å²) in [5, 5.41) is 8.38. The van der Waals surface area contributed by atoms with Crippen LogP contribution < -0.4 is 0 Å². The van der Waals surface area contributed by atoms with Crippen LogP contribution in [0.1, 0.15) is 6.42 Å². The molecule has 15 heavy (non-hydrogen) atoms. The molecule has 1 rings (SSSR count). The van der Waals surface area contributed by atoms with E-state index in [1.165, 1.54) is 18.2 Å². The lowest BCUT2D eigenvalue weighted by Crippen LogP contribution is -2.01. The molecule has 0 spiro atoms. The van der Waals surface area contributed by atoms with Crippen molar-refractivity contribution >= 4 is 25.7 Å². The number of halogens is 1. The number of rotatable bonds is 3. The van der Waals surface area contributed by atoms with Gasteiger partial charge in [-0.05, 0) is 18.4 Å². The van der Waals surface area contributed by atoms with Crippen molar-refractivity contribution in [3.05, 3.63) is 35.3 Å². The highest BCUT2D eigenvalue weighted by atomic mass is 35.7. The van der Waals surface area contributed by atoms with Gasteiger partial charge in [-0.2, -0.15) is 0 Å². The summed E-state index contributed by atoms with van der Waals surface area (Å²) in [7, 11) is 1.45. The number of carboxylic acids is 1. The molecule has 0 amide bonds. The molecule has 0 bridgehead atoms. The lowest BCUT2D eigenvalue weighted by Gasteiger charge is -2.10. The first-order chi connectivity index (χ1) is 6.89. The number of carboxylic acid groups (broad SMARTS) is 1.